The highest BCUT2D eigenvalue weighted by Crippen LogP contribution is 2.15. The molecule has 0 N–H and O–H groups in total. The number of carbonyl (C=O) groups excluding carboxylic acids is 1. The van der Waals surface area contributed by atoms with Gasteiger partial charge in [-0.25, -0.2) is 0 Å². The Hall–Kier alpha value is -2.07. The zero-order valence-corrected chi connectivity index (χ0v) is 15.3. The number of rotatable bonds is 9. The lowest BCUT2D eigenvalue weighted by atomic mass is 10.1. The van der Waals surface area contributed by atoms with Crippen LogP contribution < -0.4 is 9.47 Å². The largest absolute Gasteiger partial charge is 0.497 e. The number of ether oxygens (including phenoxy) is 2. The predicted octanol–water partition coefficient (Wildman–Crippen LogP) is 5.15. The summed E-state index contributed by atoms with van der Waals surface area (Å²) in [6.07, 6.45) is 5.52. The van der Waals surface area contributed by atoms with Gasteiger partial charge in [0.15, 0.2) is 5.78 Å². The van der Waals surface area contributed by atoms with E-state index in [1.54, 1.807) is 43.5 Å². The van der Waals surface area contributed by atoms with Crippen LogP contribution >= 0.6 is 15.9 Å². The van der Waals surface area contributed by atoms with Crippen molar-refractivity contribution in [2.24, 2.45) is 0 Å². The van der Waals surface area contributed by atoms with Crippen molar-refractivity contribution in [3.63, 3.8) is 0 Å². The van der Waals surface area contributed by atoms with Gasteiger partial charge in [0, 0.05) is 10.9 Å². The van der Waals surface area contributed by atoms with Gasteiger partial charge in [-0.15, -0.1) is 0 Å². The summed E-state index contributed by atoms with van der Waals surface area (Å²) in [4.78, 5) is 12.1. The van der Waals surface area contributed by atoms with Crippen LogP contribution in [0.25, 0.3) is 6.08 Å². The maximum Gasteiger partial charge on any atom is 0.185 e. The summed E-state index contributed by atoms with van der Waals surface area (Å²) < 4.78 is 10.7. The van der Waals surface area contributed by atoms with Crippen molar-refractivity contribution in [2.45, 2.75) is 12.8 Å². The zero-order valence-electron chi connectivity index (χ0n) is 13.7. The summed E-state index contributed by atoms with van der Waals surface area (Å²) in [6, 6.07) is 14.8. The summed E-state index contributed by atoms with van der Waals surface area (Å²) in [6.45, 7) is 0.719. The van der Waals surface area contributed by atoms with E-state index in [1.165, 1.54) is 0 Å². The van der Waals surface area contributed by atoms with Gasteiger partial charge in [0.2, 0.25) is 0 Å². The van der Waals surface area contributed by atoms with Crippen LogP contribution in [0.1, 0.15) is 28.8 Å². The molecule has 4 heteroatoms. The first-order chi connectivity index (χ1) is 11.7. The molecule has 0 aromatic heterocycles. The van der Waals surface area contributed by atoms with Gasteiger partial charge in [-0.3, -0.25) is 4.79 Å². The van der Waals surface area contributed by atoms with Crippen LogP contribution in [0.3, 0.4) is 0 Å². The summed E-state index contributed by atoms with van der Waals surface area (Å²) >= 11 is 3.40. The lowest BCUT2D eigenvalue weighted by Crippen LogP contribution is -1.97. The molecule has 0 heterocycles. The van der Waals surface area contributed by atoms with Gasteiger partial charge in [-0.05, 0) is 60.9 Å². The predicted molar refractivity (Wildman–Crippen MR) is 101 cm³/mol. The lowest BCUT2D eigenvalue weighted by molar-refractivity contribution is 0.104. The molecule has 2 rings (SSSR count). The zero-order chi connectivity index (χ0) is 17.2. The summed E-state index contributed by atoms with van der Waals surface area (Å²) in [5.41, 5.74) is 1.60. The molecule has 2 aromatic rings. The van der Waals surface area contributed by atoms with E-state index in [4.69, 9.17) is 9.47 Å². The van der Waals surface area contributed by atoms with E-state index < -0.39 is 0 Å². The van der Waals surface area contributed by atoms with E-state index in [1.807, 2.05) is 24.3 Å². The van der Waals surface area contributed by atoms with Crippen molar-refractivity contribution >= 4 is 27.8 Å². The molecule has 3 nitrogen and oxygen atoms in total. The van der Waals surface area contributed by atoms with Gasteiger partial charge < -0.3 is 9.47 Å². The van der Waals surface area contributed by atoms with E-state index in [-0.39, 0.29) is 5.78 Å². The standard InChI is InChI=1S/C20H21BrO3/c1-23-18-11-7-17(8-12-18)20(22)13-6-16-4-9-19(10-5-16)24-15-3-2-14-21/h4-13H,2-3,14-15H2,1H3. The van der Waals surface area contributed by atoms with Crippen molar-refractivity contribution in [2.75, 3.05) is 19.0 Å². The topological polar surface area (TPSA) is 35.5 Å². The number of allylic oxidation sites excluding steroid dienone is 1. The van der Waals surface area contributed by atoms with Crippen LogP contribution in [-0.2, 0) is 0 Å². The number of unbranched alkanes of at least 4 members (excludes halogenated alkanes) is 1. The van der Waals surface area contributed by atoms with Crippen LogP contribution in [0.15, 0.2) is 54.6 Å². The van der Waals surface area contributed by atoms with Crippen molar-refractivity contribution in [3.8, 4) is 11.5 Å². The van der Waals surface area contributed by atoms with Crippen molar-refractivity contribution in [1.82, 2.24) is 0 Å². The highest BCUT2D eigenvalue weighted by Gasteiger charge is 2.02. The van der Waals surface area contributed by atoms with E-state index in [0.717, 1.165) is 41.8 Å². The molecular formula is C20H21BrO3. The Bertz CT molecular complexity index is 660. The third-order valence-corrected chi connectivity index (χ3v) is 4.04. The molecule has 0 unspecified atom stereocenters. The second-order valence-corrected chi connectivity index (χ2v) is 6.03. The molecule has 0 bridgehead atoms. The van der Waals surface area contributed by atoms with Crippen LogP contribution in [0, 0.1) is 0 Å². The average Bonchev–Trinajstić information content (AvgIpc) is 2.64. The molecule has 0 fully saturated rings. The first-order valence-electron chi connectivity index (χ1n) is 7.88. The number of hydrogen-bond acceptors (Lipinski definition) is 3. The smallest absolute Gasteiger partial charge is 0.185 e. The quantitative estimate of drug-likeness (QED) is 0.258. The fraction of sp³-hybridized carbons (Fsp3) is 0.250. The number of alkyl halides is 1. The molecule has 2 aromatic carbocycles. The SMILES string of the molecule is COc1ccc(C(=O)C=Cc2ccc(OCCCCBr)cc2)cc1. The van der Waals surface area contributed by atoms with E-state index in [2.05, 4.69) is 15.9 Å². The number of halogens is 1. The van der Waals surface area contributed by atoms with E-state index in [9.17, 15) is 4.79 Å². The second kappa shape index (κ2) is 9.93. The normalized spacial score (nSPS) is 10.8. The molecule has 0 atom stereocenters. The van der Waals surface area contributed by atoms with Crippen LogP contribution in [0.5, 0.6) is 11.5 Å². The Morgan fingerprint density at radius 2 is 1.67 bits per heavy atom. The summed E-state index contributed by atoms with van der Waals surface area (Å²) in [5.74, 6) is 1.55. The summed E-state index contributed by atoms with van der Waals surface area (Å²) in [5, 5.41) is 1.00. The molecule has 0 saturated heterocycles. The third-order valence-electron chi connectivity index (χ3n) is 3.48. The Morgan fingerprint density at radius 3 is 2.29 bits per heavy atom. The molecule has 126 valence electrons. The molecule has 0 spiro atoms. The Kier molecular flexibility index (Phi) is 7.56. The van der Waals surface area contributed by atoms with Crippen LogP contribution in [-0.4, -0.2) is 24.8 Å². The van der Waals surface area contributed by atoms with Gasteiger partial charge in [0.05, 0.1) is 13.7 Å². The Labute approximate surface area is 151 Å². The van der Waals surface area contributed by atoms with Gasteiger partial charge in [0.25, 0.3) is 0 Å². The van der Waals surface area contributed by atoms with Gasteiger partial charge in [0.1, 0.15) is 11.5 Å². The second-order valence-electron chi connectivity index (χ2n) is 5.24. The Balaban J connectivity index is 1.89. The molecule has 0 aliphatic carbocycles. The third kappa shape index (κ3) is 5.85. The van der Waals surface area contributed by atoms with Crippen molar-refractivity contribution in [1.29, 1.82) is 0 Å². The highest BCUT2D eigenvalue weighted by atomic mass is 79.9. The number of benzene rings is 2. The van der Waals surface area contributed by atoms with E-state index >= 15 is 0 Å². The molecule has 0 amide bonds. The van der Waals surface area contributed by atoms with Crippen LogP contribution in [0.2, 0.25) is 0 Å². The number of hydrogen-bond donors (Lipinski definition) is 0. The first kappa shape index (κ1) is 18.3. The van der Waals surface area contributed by atoms with Gasteiger partial charge in [-0.2, -0.15) is 0 Å². The molecular weight excluding hydrogens is 368 g/mol. The maximum absolute atomic E-state index is 12.1. The minimum absolute atomic E-state index is 0.0345. The van der Waals surface area contributed by atoms with Crippen molar-refractivity contribution in [3.05, 3.63) is 65.7 Å². The molecule has 24 heavy (non-hydrogen) atoms. The van der Waals surface area contributed by atoms with E-state index in [0.29, 0.717) is 5.56 Å². The fourth-order valence-corrected chi connectivity index (χ4v) is 2.48. The summed E-state index contributed by atoms with van der Waals surface area (Å²) in [7, 11) is 1.60. The Morgan fingerprint density at radius 1 is 1.00 bits per heavy atom. The van der Waals surface area contributed by atoms with Crippen molar-refractivity contribution < 1.29 is 14.3 Å². The first-order valence-corrected chi connectivity index (χ1v) is 9.00. The number of methoxy groups -OCH3 is 1. The van der Waals surface area contributed by atoms with Gasteiger partial charge in [-0.1, -0.05) is 34.1 Å². The average molecular weight is 389 g/mol. The fourth-order valence-electron chi connectivity index (χ4n) is 2.09. The number of carbonyl (C=O) groups is 1. The lowest BCUT2D eigenvalue weighted by Gasteiger charge is -2.05. The molecule has 0 aliphatic rings. The number of ketones is 1. The molecule has 0 radical (unpaired) electrons. The monoisotopic (exact) mass is 388 g/mol. The van der Waals surface area contributed by atoms with Gasteiger partial charge >= 0.3 is 0 Å². The van der Waals surface area contributed by atoms with Crippen LogP contribution in [0.4, 0.5) is 0 Å². The minimum Gasteiger partial charge on any atom is -0.497 e. The maximum atomic E-state index is 12.1. The molecule has 0 aliphatic heterocycles. The molecule has 0 saturated carbocycles. The highest BCUT2D eigenvalue weighted by molar-refractivity contribution is 9.09. The minimum atomic E-state index is -0.0345.